The highest BCUT2D eigenvalue weighted by molar-refractivity contribution is 5.50. The van der Waals surface area contributed by atoms with Crippen LogP contribution in [0.1, 0.15) is 26.7 Å². The van der Waals surface area contributed by atoms with Gasteiger partial charge in [-0.05, 0) is 13.3 Å². The largest absolute Gasteiger partial charge is 0.391 e. The van der Waals surface area contributed by atoms with Gasteiger partial charge in [-0.15, -0.1) is 0 Å². The first kappa shape index (κ1) is 13.5. The number of aromatic nitrogens is 2. The molecule has 0 saturated heterocycles. The van der Waals surface area contributed by atoms with Gasteiger partial charge in [0.05, 0.1) is 6.10 Å². The molecule has 0 aliphatic heterocycles. The predicted molar refractivity (Wildman–Crippen MR) is 70.0 cm³/mol. The van der Waals surface area contributed by atoms with E-state index >= 15 is 0 Å². The highest BCUT2D eigenvalue weighted by atomic mass is 16.3. The Bertz CT molecular complexity index is 345. The van der Waals surface area contributed by atoms with Crippen LogP contribution in [-0.2, 0) is 0 Å². The molecular formula is C11H21N5O. The average Bonchev–Trinajstić information content (AvgIpc) is 2.26. The Morgan fingerprint density at radius 2 is 1.94 bits per heavy atom. The van der Waals surface area contributed by atoms with Gasteiger partial charge in [0.15, 0.2) is 0 Å². The summed E-state index contributed by atoms with van der Waals surface area (Å²) in [6.07, 6.45) is 1.36. The van der Waals surface area contributed by atoms with E-state index in [1.165, 1.54) is 0 Å². The monoisotopic (exact) mass is 239 g/mol. The van der Waals surface area contributed by atoms with Gasteiger partial charge in [0.1, 0.15) is 11.6 Å². The predicted octanol–water partition coefficient (Wildman–Crippen LogP) is 1.06. The van der Waals surface area contributed by atoms with Crippen LogP contribution >= 0.6 is 0 Å². The minimum Gasteiger partial charge on any atom is -0.391 e. The van der Waals surface area contributed by atoms with E-state index in [1.807, 2.05) is 13.8 Å². The quantitative estimate of drug-likeness (QED) is 0.568. The zero-order chi connectivity index (χ0) is 12.7. The molecule has 0 amide bonds. The second-order valence-corrected chi connectivity index (χ2v) is 3.85. The van der Waals surface area contributed by atoms with Crippen molar-refractivity contribution in [2.45, 2.75) is 32.8 Å². The van der Waals surface area contributed by atoms with Gasteiger partial charge in [-0.2, -0.15) is 9.97 Å². The van der Waals surface area contributed by atoms with E-state index < -0.39 is 0 Å². The molecule has 1 unspecified atom stereocenters. The molecule has 6 nitrogen and oxygen atoms in total. The van der Waals surface area contributed by atoms with Crippen molar-refractivity contribution in [3.8, 4) is 0 Å². The van der Waals surface area contributed by atoms with E-state index in [2.05, 4.69) is 20.6 Å². The lowest BCUT2D eigenvalue weighted by atomic mass is 10.2. The molecule has 1 rings (SSSR count). The molecule has 17 heavy (non-hydrogen) atoms. The summed E-state index contributed by atoms with van der Waals surface area (Å²) in [6, 6.07) is 1.78. The summed E-state index contributed by atoms with van der Waals surface area (Å²) in [5.74, 6) is 1.53. The number of aliphatic hydroxyl groups is 1. The number of nitrogens with two attached hydrogens (primary N) is 1. The molecule has 0 aromatic carbocycles. The van der Waals surface area contributed by atoms with Gasteiger partial charge < -0.3 is 21.5 Å². The summed E-state index contributed by atoms with van der Waals surface area (Å²) in [6.45, 7) is 5.26. The Kier molecular flexibility index (Phi) is 5.48. The fraction of sp³-hybridized carbons (Fsp3) is 0.636. The number of nitrogen functional groups attached to an aromatic ring is 1. The highest BCUT2D eigenvalue weighted by Crippen LogP contribution is 2.12. The van der Waals surface area contributed by atoms with Crippen molar-refractivity contribution in [1.29, 1.82) is 0 Å². The van der Waals surface area contributed by atoms with Crippen molar-refractivity contribution in [2.75, 3.05) is 29.5 Å². The summed E-state index contributed by atoms with van der Waals surface area (Å²) >= 11 is 0. The van der Waals surface area contributed by atoms with E-state index in [0.717, 1.165) is 19.4 Å². The first-order valence-corrected chi connectivity index (χ1v) is 5.96. The zero-order valence-corrected chi connectivity index (χ0v) is 10.4. The Hall–Kier alpha value is -1.56. The van der Waals surface area contributed by atoms with Crippen molar-refractivity contribution in [3.63, 3.8) is 0 Å². The fourth-order valence-electron chi connectivity index (χ4n) is 1.49. The van der Waals surface area contributed by atoms with E-state index in [0.29, 0.717) is 18.2 Å². The highest BCUT2D eigenvalue weighted by Gasteiger charge is 2.05. The number of rotatable bonds is 7. The molecule has 1 heterocycles. The number of aliphatic hydroxyl groups excluding tert-OH is 1. The third-order valence-corrected chi connectivity index (χ3v) is 2.24. The third-order valence-electron chi connectivity index (χ3n) is 2.24. The summed E-state index contributed by atoms with van der Waals surface area (Å²) in [7, 11) is 0. The first-order chi connectivity index (χ1) is 8.15. The second-order valence-electron chi connectivity index (χ2n) is 3.85. The molecular weight excluding hydrogens is 218 g/mol. The van der Waals surface area contributed by atoms with E-state index in [1.54, 1.807) is 6.07 Å². The minimum atomic E-state index is -0.362. The molecule has 6 heteroatoms. The first-order valence-electron chi connectivity index (χ1n) is 5.96. The number of anilines is 3. The van der Waals surface area contributed by atoms with Crippen LogP contribution in [0.2, 0.25) is 0 Å². The van der Waals surface area contributed by atoms with Crippen LogP contribution in [0.4, 0.5) is 17.6 Å². The lowest BCUT2D eigenvalue weighted by Crippen LogP contribution is -2.20. The van der Waals surface area contributed by atoms with E-state index in [-0.39, 0.29) is 12.1 Å². The van der Waals surface area contributed by atoms with Gasteiger partial charge in [-0.3, -0.25) is 0 Å². The number of nitrogens with zero attached hydrogens (tertiary/aromatic N) is 2. The topological polar surface area (TPSA) is 96.1 Å². The normalized spacial score (nSPS) is 12.2. The van der Waals surface area contributed by atoms with Gasteiger partial charge in [0, 0.05) is 19.2 Å². The molecule has 1 atom stereocenters. The second kappa shape index (κ2) is 6.90. The lowest BCUT2D eigenvalue weighted by molar-refractivity contribution is 0.176. The molecule has 0 aliphatic carbocycles. The van der Waals surface area contributed by atoms with Crippen LogP contribution in [0.5, 0.6) is 0 Å². The Balaban J connectivity index is 2.57. The Morgan fingerprint density at radius 3 is 2.53 bits per heavy atom. The molecule has 96 valence electrons. The maximum absolute atomic E-state index is 9.60. The van der Waals surface area contributed by atoms with Gasteiger partial charge in [-0.25, -0.2) is 0 Å². The zero-order valence-electron chi connectivity index (χ0n) is 10.4. The van der Waals surface area contributed by atoms with Crippen LogP contribution in [0.25, 0.3) is 0 Å². The van der Waals surface area contributed by atoms with Crippen molar-refractivity contribution < 1.29 is 5.11 Å². The summed E-state index contributed by atoms with van der Waals surface area (Å²) in [5.41, 5.74) is 5.59. The lowest BCUT2D eigenvalue weighted by Gasteiger charge is -2.12. The summed E-state index contributed by atoms with van der Waals surface area (Å²) in [4.78, 5) is 8.09. The van der Waals surface area contributed by atoms with Crippen molar-refractivity contribution in [1.82, 2.24) is 9.97 Å². The number of hydrogen-bond donors (Lipinski definition) is 4. The molecule has 1 aromatic rings. The minimum absolute atomic E-state index is 0.218. The Morgan fingerprint density at radius 1 is 1.29 bits per heavy atom. The SMILES string of the molecule is CCCC(O)CNc1cc(NCC)nc(N)n1. The van der Waals surface area contributed by atoms with Gasteiger partial charge in [0.25, 0.3) is 0 Å². The molecule has 1 aromatic heterocycles. The number of hydrogen-bond acceptors (Lipinski definition) is 6. The third kappa shape index (κ3) is 4.86. The van der Waals surface area contributed by atoms with Gasteiger partial charge >= 0.3 is 0 Å². The van der Waals surface area contributed by atoms with Crippen molar-refractivity contribution in [2.24, 2.45) is 0 Å². The average molecular weight is 239 g/mol. The molecule has 0 saturated carbocycles. The van der Waals surface area contributed by atoms with Crippen molar-refractivity contribution >= 4 is 17.6 Å². The van der Waals surface area contributed by atoms with E-state index in [9.17, 15) is 5.11 Å². The van der Waals surface area contributed by atoms with Gasteiger partial charge in [0.2, 0.25) is 5.95 Å². The van der Waals surface area contributed by atoms with Gasteiger partial charge in [-0.1, -0.05) is 13.3 Å². The van der Waals surface area contributed by atoms with Crippen LogP contribution in [0.15, 0.2) is 6.07 Å². The van der Waals surface area contributed by atoms with Crippen LogP contribution < -0.4 is 16.4 Å². The molecule has 0 radical (unpaired) electrons. The number of nitrogens with one attached hydrogen (secondary N) is 2. The smallest absolute Gasteiger partial charge is 0.223 e. The summed E-state index contributed by atoms with van der Waals surface area (Å²) in [5, 5.41) is 15.7. The molecule has 5 N–H and O–H groups in total. The Labute approximate surface area is 102 Å². The van der Waals surface area contributed by atoms with Crippen LogP contribution in [0.3, 0.4) is 0 Å². The molecule has 0 bridgehead atoms. The van der Waals surface area contributed by atoms with E-state index in [4.69, 9.17) is 5.73 Å². The van der Waals surface area contributed by atoms with Crippen LogP contribution in [0, 0.1) is 0 Å². The molecule has 0 aliphatic rings. The molecule has 0 spiro atoms. The molecule has 0 fully saturated rings. The maximum Gasteiger partial charge on any atom is 0.223 e. The van der Waals surface area contributed by atoms with Crippen molar-refractivity contribution in [3.05, 3.63) is 6.07 Å². The maximum atomic E-state index is 9.60. The van der Waals surface area contributed by atoms with Crippen LogP contribution in [-0.4, -0.2) is 34.3 Å². The summed E-state index contributed by atoms with van der Waals surface area (Å²) < 4.78 is 0. The fourth-order valence-corrected chi connectivity index (χ4v) is 1.49. The standard InChI is InChI=1S/C11H21N5O/c1-3-5-8(17)7-14-10-6-9(13-4-2)15-11(12)16-10/h6,8,17H,3-5,7H2,1-2H3,(H4,12,13,14,15,16).